The molecule has 0 bridgehead atoms. The Balaban J connectivity index is 3.10. The molecule has 1 aromatic heterocycles. The SMILES string of the molecule is Cn1c(S(C)=O)cnc1CO. The van der Waals surface area contributed by atoms with E-state index in [1.54, 1.807) is 17.9 Å². The monoisotopic (exact) mass is 174 g/mol. The minimum absolute atomic E-state index is 0.117. The van der Waals surface area contributed by atoms with Crippen LogP contribution in [0.15, 0.2) is 11.2 Å². The van der Waals surface area contributed by atoms with E-state index in [0.29, 0.717) is 10.9 Å². The van der Waals surface area contributed by atoms with Crippen LogP contribution in [0.25, 0.3) is 0 Å². The Kier molecular flexibility index (Phi) is 2.41. The lowest BCUT2D eigenvalue weighted by molar-refractivity contribution is 0.266. The van der Waals surface area contributed by atoms with Crippen molar-refractivity contribution in [3.63, 3.8) is 0 Å². The molecule has 0 aliphatic carbocycles. The highest BCUT2D eigenvalue weighted by Crippen LogP contribution is 2.05. The van der Waals surface area contributed by atoms with E-state index in [1.807, 2.05) is 0 Å². The van der Waals surface area contributed by atoms with Gasteiger partial charge in [-0.2, -0.15) is 0 Å². The first-order chi connectivity index (χ1) is 5.16. The van der Waals surface area contributed by atoms with Crippen molar-refractivity contribution in [3.05, 3.63) is 12.0 Å². The van der Waals surface area contributed by atoms with E-state index in [2.05, 4.69) is 4.98 Å². The maximum atomic E-state index is 11.0. The number of nitrogens with zero attached hydrogens (tertiary/aromatic N) is 2. The van der Waals surface area contributed by atoms with Gasteiger partial charge in [0.2, 0.25) is 0 Å². The van der Waals surface area contributed by atoms with Gasteiger partial charge < -0.3 is 9.67 Å². The average molecular weight is 174 g/mol. The van der Waals surface area contributed by atoms with Crippen molar-refractivity contribution >= 4 is 10.8 Å². The molecule has 0 fully saturated rings. The number of rotatable bonds is 2. The molecule has 0 saturated carbocycles. The van der Waals surface area contributed by atoms with E-state index in [9.17, 15) is 4.21 Å². The fourth-order valence-electron chi connectivity index (χ4n) is 0.844. The third-order valence-corrected chi connectivity index (χ3v) is 2.45. The smallest absolute Gasteiger partial charge is 0.135 e. The van der Waals surface area contributed by atoms with Gasteiger partial charge in [-0.25, -0.2) is 4.98 Å². The normalized spacial score (nSPS) is 13.4. The minimum Gasteiger partial charge on any atom is -0.388 e. The fraction of sp³-hybridized carbons (Fsp3) is 0.500. The summed E-state index contributed by atoms with van der Waals surface area (Å²) in [4.78, 5) is 3.88. The summed E-state index contributed by atoms with van der Waals surface area (Å²) in [7, 11) is 0.699. The van der Waals surface area contributed by atoms with Crippen molar-refractivity contribution in [2.75, 3.05) is 6.26 Å². The summed E-state index contributed by atoms with van der Waals surface area (Å²) in [6, 6.07) is 0. The van der Waals surface area contributed by atoms with Crippen molar-refractivity contribution in [3.8, 4) is 0 Å². The lowest BCUT2D eigenvalue weighted by Gasteiger charge is -1.99. The third kappa shape index (κ3) is 1.49. The standard InChI is InChI=1S/C6H10N2O2S/c1-8-5(4-9)7-3-6(8)11(2)10/h3,9H,4H2,1-2H3. The maximum Gasteiger partial charge on any atom is 0.135 e. The second kappa shape index (κ2) is 3.15. The fourth-order valence-corrected chi connectivity index (χ4v) is 1.54. The third-order valence-electron chi connectivity index (χ3n) is 1.48. The zero-order valence-electron chi connectivity index (χ0n) is 6.44. The highest BCUT2D eigenvalue weighted by molar-refractivity contribution is 7.84. The number of aliphatic hydroxyl groups excluding tert-OH is 1. The Morgan fingerprint density at radius 1 is 1.82 bits per heavy atom. The number of hydrogen-bond acceptors (Lipinski definition) is 3. The lowest BCUT2D eigenvalue weighted by atomic mass is 10.6. The Bertz CT molecular complexity index is 282. The Morgan fingerprint density at radius 3 is 2.73 bits per heavy atom. The maximum absolute atomic E-state index is 11.0. The van der Waals surface area contributed by atoms with Crippen LogP contribution < -0.4 is 0 Å². The number of aliphatic hydroxyl groups is 1. The molecular weight excluding hydrogens is 164 g/mol. The topological polar surface area (TPSA) is 55.1 Å². The van der Waals surface area contributed by atoms with Gasteiger partial charge in [0.25, 0.3) is 0 Å². The van der Waals surface area contributed by atoms with Crippen LogP contribution >= 0.6 is 0 Å². The summed E-state index contributed by atoms with van der Waals surface area (Å²) in [5, 5.41) is 9.36. The first-order valence-electron chi connectivity index (χ1n) is 3.11. The summed E-state index contributed by atoms with van der Waals surface area (Å²) in [6.45, 7) is -0.117. The summed E-state index contributed by atoms with van der Waals surface area (Å²) in [6.07, 6.45) is 3.10. The van der Waals surface area contributed by atoms with Crippen molar-refractivity contribution in [2.45, 2.75) is 11.6 Å². The van der Waals surface area contributed by atoms with Gasteiger partial charge in [-0.05, 0) is 0 Å². The van der Waals surface area contributed by atoms with Crippen molar-refractivity contribution in [2.24, 2.45) is 7.05 Å². The first-order valence-corrected chi connectivity index (χ1v) is 4.67. The number of imidazole rings is 1. The Hall–Kier alpha value is -0.680. The molecule has 1 heterocycles. The van der Waals surface area contributed by atoms with Gasteiger partial charge in [-0.15, -0.1) is 0 Å². The van der Waals surface area contributed by atoms with Gasteiger partial charge in [0.1, 0.15) is 17.5 Å². The molecule has 1 N–H and O–H groups in total. The zero-order valence-corrected chi connectivity index (χ0v) is 7.26. The van der Waals surface area contributed by atoms with Gasteiger partial charge in [-0.3, -0.25) is 4.21 Å². The van der Waals surface area contributed by atoms with Crippen molar-refractivity contribution < 1.29 is 9.32 Å². The number of aromatic nitrogens is 2. The van der Waals surface area contributed by atoms with E-state index < -0.39 is 10.8 Å². The van der Waals surface area contributed by atoms with Crippen LogP contribution in [-0.2, 0) is 24.5 Å². The quantitative estimate of drug-likeness (QED) is 0.666. The van der Waals surface area contributed by atoms with E-state index in [0.717, 1.165) is 0 Å². The van der Waals surface area contributed by atoms with E-state index in [1.165, 1.54) is 6.20 Å². The molecule has 1 atom stereocenters. The molecule has 0 amide bonds. The van der Waals surface area contributed by atoms with Gasteiger partial charge in [-0.1, -0.05) is 0 Å². The molecule has 0 spiro atoms. The van der Waals surface area contributed by atoms with E-state index in [-0.39, 0.29) is 6.61 Å². The van der Waals surface area contributed by atoms with Gasteiger partial charge in [0.05, 0.1) is 17.0 Å². The molecule has 0 aliphatic heterocycles. The predicted molar refractivity (Wildman–Crippen MR) is 41.5 cm³/mol. The molecule has 5 heteroatoms. The summed E-state index contributed by atoms with van der Waals surface area (Å²) >= 11 is 0. The summed E-state index contributed by atoms with van der Waals surface area (Å²) < 4.78 is 12.6. The average Bonchev–Trinajstić information content (AvgIpc) is 2.30. The summed E-state index contributed by atoms with van der Waals surface area (Å²) in [5.74, 6) is 0.537. The largest absolute Gasteiger partial charge is 0.388 e. The highest BCUT2D eigenvalue weighted by atomic mass is 32.2. The molecule has 11 heavy (non-hydrogen) atoms. The number of hydrogen-bond donors (Lipinski definition) is 1. The van der Waals surface area contributed by atoms with Gasteiger partial charge in [0.15, 0.2) is 0 Å². The Morgan fingerprint density at radius 2 is 2.45 bits per heavy atom. The van der Waals surface area contributed by atoms with Crippen LogP contribution in [0.3, 0.4) is 0 Å². The molecule has 4 nitrogen and oxygen atoms in total. The first kappa shape index (κ1) is 8.42. The van der Waals surface area contributed by atoms with Gasteiger partial charge in [0, 0.05) is 13.3 Å². The zero-order chi connectivity index (χ0) is 8.43. The van der Waals surface area contributed by atoms with Crippen LogP contribution in [0.4, 0.5) is 0 Å². The van der Waals surface area contributed by atoms with Gasteiger partial charge >= 0.3 is 0 Å². The highest BCUT2D eigenvalue weighted by Gasteiger charge is 2.06. The van der Waals surface area contributed by atoms with Crippen molar-refractivity contribution in [1.29, 1.82) is 0 Å². The lowest BCUT2D eigenvalue weighted by Crippen LogP contribution is -2.02. The molecule has 1 rings (SSSR count). The Labute approximate surface area is 67.3 Å². The van der Waals surface area contributed by atoms with E-state index >= 15 is 0 Å². The van der Waals surface area contributed by atoms with Crippen LogP contribution in [0, 0.1) is 0 Å². The van der Waals surface area contributed by atoms with Crippen LogP contribution in [0.2, 0.25) is 0 Å². The second-order valence-corrected chi connectivity index (χ2v) is 3.51. The molecule has 1 unspecified atom stereocenters. The van der Waals surface area contributed by atoms with Crippen molar-refractivity contribution in [1.82, 2.24) is 9.55 Å². The minimum atomic E-state index is -1.03. The molecule has 62 valence electrons. The van der Waals surface area contributed by atoms with Crippen LogP contribution in [-0.4, -0.2) is 25.1 Å². The predicted octanol–water partition coefficient (Wildman–Crippen LogP) is -0.350. The van der Waals surface area contributed by atoms with E-state index in [4.69, 9.17) is 5.11 Å². The molecule has 1 aromatic rings. The van der Waals surface area contributed by atoms with Crippen LogP contribution in [0.5, 0.6) is 0 Å². The molecule has 0 radical (unpaired) electrons. The molecule has 0 saturated heterocycles. The second-order valence-electron chi connectivity index (χ2n) is 2.18. The summed E-state index contributed by atoms with van der Waals surface area (Å²) in [5.41, 5.74) is 0. The molecule has 0 aromatic carbocycles. The van der Waals surface area contributed by atoms with Crippen LogP contribution in [0.1, 0.15) is 5.82 Å². The molecular formula is C6H10N2O2S. The molecule has 0 aliphatic rings.